The maximum atomic E-state index is 11.0. The molecule has 4 heteroatoms. The molecule has 0 aliphatic carbocycles. The summed E-state index contributed by atoms with van der Waals surface area (Å²) in [5.41, 5.74) is 0.0265. The van der Waals surface area contributed by atoms with Crippen LogP contribution >= 0.6 is 0 Å². The zero-order valence-corrected chi connectivity index (χ0v) is 9.23. The summed E-state index contributed by atoms with van der Waals surface area (Å²) in [5, 5.41) is 19.0. The van der Waals surface area contributed by atoms with Gasteiger partial charge in [-0.1, -0.05) is 6.07 Å². The summed E-state index contributed by atoms with van der Waals surface area (Å²) in [6, 6.07) is 4.79. The fourth-order valence-electron chi connectivity index (χ4n) is 2.07. The second-order valence-corrected chi connectivity index (χ2v) is 4.60. The highest BCUT2D eigenvalue weighted by atomic mass is 16.5. The van der Waals surface area contributed by atoms with Crippen molar-refractivity contribution in [1.82, 2.24) is 0 Å². The number of aliphatic hydroxyl groups excluding tert-OH is 1. The summed E-state index contributed by atoms with van der Waals surface area (Å²) in [7, 11) is 0. The molecule has 86 valence electrons. The summed E-state index contributed by atoms with van der Waals surface area (Å²) in [6.07, 6.45) is -0.393. The molecule has 1 aliphatic rings. The Morgan fingerprint density at radius 2 is 2.19 bits per heavy atom. The molecular formula is C12H14O4. The first-order valence-corrected chi connectivity index (χ1v) is 5.14. The molecule has 0 saturated carbocycles. The maximum Gasteiger partial charge on any atom is 0.336 e. The van der Waals surface area contributed by atoms with E-state index in [9.17, 15) is 9.90 Å². The maximum absolute atomic E-state index is 11.0. The molecule has 4 nitrogen and oxygen atoms in total. The standard InChI is InChI=1S/C12H14O4/c1-12(2)6-8(13)10-7(11(14)15)4-3-5-9(10)16-12/h3-5,8,13H,6H2,1-2H3,(H,14,15)/t8-/m0/s1. The molecule has 1 aromatic carbocycles. The lowest BCUT2D eigenvalue weighted by molar-refractivity contribution is 0.0102. The third-order valence-corrected chi connectivity index (χ3v) is 2.70. The highest BCUT2D eigenvalue weighted by molar-refractivity contribution is 5.90. The van der Waals surface area contributed by atoms with Crippen molar-refractivity contribution in [3.63, 3.8) is 0 Å². The number of ether oxygens (including phenoxy) is 1. The Morgan fingerprint density at radius 3 is 2.81 bits per heavy atom. The molecule has 1 aromatic rings. The molecule has 0 aromatic heterocycles. The van der Waals surface area contributed by atoms with Gasteiger partial charge in [-0.15, -0.1) is 0 Å². The van der Waals surface area contributed by atoms with Gasteiger partial charge in [-0.3, -0.25) is 0 Å². The van der Waals surface area contributed by atoms with Crippen molar-refractivity contribution < 1.29 is 19.7 Å². The predicted molar refractivity (Wildman–Crippen MR) is 57.7 cm³/mol. The van der Waals surface area contributed by atoms with Crippen molar-refractivity contribution in [2.24, 2.45) is 0 Å². The van der Waals surface area contributed by atoms with Crippen molar-refractivity contribution in [1.29, 1.82) is 0 Å². The number of carboxylic acid groups (broad SMARTS) is 1. The minimum atomic E-state index is -1.04. The van der Waals surface area contributed by atoms with Gasteiger partial charge in [0, 0.05) is 12.0 Å². The molecule has 1 atom stereocenters. The second-order valence-electron chi connectivity index (χ2n) is 4.60. The normalized spacial score (nSPS) is 22.1. The summed E-state index contributed by atoms with van der Waals surface area (Å²) in [5.74, 6) is -0.581. The zero-order chi connectivity index (χ0) is 11.9. The van der Waals surface area contributed by atoms with E-state index in [0.717, 1.165) is 0 Å². The van der Waals surface area contributed by atoms with Gasteiger partial charge in [0.1, 0.15) is 11.4 Å². The molecule has 0 bridgehead atoms. The smallest absolute Gasteiger partial charge is 0.336 e. The van der Waals surface area contributed by atoms with Crippen LogP contribution < -0.4 is 4.74 Å². The van der Waals surface area contributed by atoms with Gasteiger partial charge in [0.25, 0.3) is 0 Å². The van der Waals surface area contributed by atoms with Gasteiger partial charge in [-0.05, 0) is 26.0 Å². The second kappa shape index (κ2) is 3.49. The minimum Gasteiger partial charge on any atom is -0.487 e. The molecule has 0 radical (unpaired) electrons. The largest absolute Gasteiger partial charge is 0.487 e. The zero-order valence-electron chi connectivity index (χ0n) is 9.23. The van der Waals surface area contributed by atoms with Crippen molar-refractivity contribution in [3.8, 4) is 5.75 Å². The molecule has 1 aliphatic heterocycles. The number of carboxylic acids is 1. The van der Waals surface area contributed by atoms with Crippen LogP contribution in [0.5, 0.6) is 5.75 Å². The molecular weight excluding hydrogens is 208 g/mol. The van der Waals surface area contributed by atoms with Gasteiger partial charge in [0.05, 0.1) is 11.7 Å². The van der Waals surface area contributed by atoms with Gasteiger partial charge in [-0.2, -0.15) is 0 Å². The van der Waals surface area contributed by atoms with Crippen LogP contribution in [0.15, 0.2) is 18.2 Å². The van der Waals surface area contributed by atoms with Crippen LogP contribution in [0.4, 0.5) is 0 Å². The van der Waals surface area contributed by atoms with E-state index in [4.69, 9.17) is 9.84 Å². The molecule has 1 heterocycles. The fourth-order valence-corrected chi connectivity index (χ4v) is 2.07. The molecule has 0 spiro atoms. The van der Waals surface area contributed by atoms with E-state index in [1.807, 2.05) is 13.8 Å². The van der Waals surface area contributed by atoms with E-state index in [1.54, 1.807) is 12.1 Å². The molecule has 2 N–H and O–H groups in total. The van der Waals surface area contributed by atoms with Gasteiger partial charge >= 0.3 is 5.97 Å². The third-order valence-electron chi connectivity index (χ3n) is 2.70. The SMILES string of the molecule is CC1(C)C[C@H](O)c2c(cccc2C(=O)O)O1. The first-order valence-electron chi connectivity index (χ1n) is 5.14. The highest BCUT2D eigenvalue weighted by Gasteiger charge is 2.35. The van der Waals surface area contributed by atoms with Crippen LogP contribution in [0.1, 0.15) is 42.3 Å². The minimum absolute atomic E-state index is 0.112. The molecule has 0 amide bonds. The molecule has 0 saturated heterocycles. The van der Waals surface area contributed by atoms with Crippen LogP contribution in [0.25, 0.3) is 0 Å². The van der Waals surface area contributed by atoms with Gasteiger partial charge < -0.3 is 14.9 Å². The van der Waals surface area contributed by atoms with Crippen LogP contribution in [-0.4, -0.2) is 21.8 Å². The average Bonchev–Trinajstić information content (AvgIpc) is 2.14. The van der Waals surface area contributed by atoms with Crippen LogP contribution in [0.3, 0.4) is 0 Å². The topological polar surface area (TPSA) is 66.8 Å². The predicted octanol–water partition coefficient (Wildman–Crippen LogP) is 1.98. The van der Waals surface area contributed by atoms with Gasteiger partial charge in [0.15, 0.2) is 0 Å². The lowest BCUT2D eigenvalue weighted by atomic mass is 9.89. The first-order chi connectivity index (χ1) is 7.41. The lowest BCUT2D eigenvalue weighted by Gasteiger charge is -2.36. The number of rotatable bonds is 1. The molecule has 2 rings (SSSR count). The highest BCUT2D eigenvalue weighted by Crippen LogP contribution is 2.41. The number of fused-ring (bicyclic) bond motifs is 1. The van der Waals surface area contributed by atoms with Gasteiger partial charge in [0.2, 0.25) is 0 Å². The van der Waals surface area contributed by atoms with E-state index in [2.05, 4.69) is 0 Å². The number of aliphatic hydroxyl groups is 1. The quantitative estimate of drug-likeness (QED) is 0.762. The summed E-state index contributed by atoms with van der Waals surface area (Å²) in [4.78, 5) is 11.0. The Morgan fingerprint density at radius 1 is 1.50 bits per heavy atom. The van der Waals surface area contributed by atoms with E-state index in [-0.39, 0.29) is 5.56 Å². The first kappa shape index (κ1) is 11.0. The van der Waals surface area contributed by atoms with Gasteiger partial charge in [-0.25, -0.2) is 4.79 Å². The van der Waals surface area contributed by atoms with Crippen LogP contribution in [0.2, 0.25) is 0 Å². The van der Waals surface area contributed by atoms with Crippen molar-refractivity contribution in [2.45, 2.75) is 32.0 Å². The van der Waals surface area contributed by atoms with E-state index < -0.39 is 17.7 Å². The molecule has 0 fully saturated rings. The van der Waals surface area contributed by atoms with Crippen LogP contribution in [0, 0.1) is 0 Å². The van der Waals surface area contributed by atoms with Crippen molar-refractivity contribution in [2.75, 3.05) is 0 Å². The average molecular weight is 222 g/mol. The summed E-state index contributed by atoms with van der Waals surface area (Å²) in [6.45, 7) is 3.74. The Labute approximate surface area is 93.5 Å². The number of hydrogen-bond acceptors (Lipinski definition) is 3. The number of aromatic carboxylic acids is 1. The number of hydrogen-bond donors (Lipinski definition) is 2. The third kappa shape index (κ3) is 1.76. The molecule has 16 heavy (non-hydrogen) atoms. The molecule has 0 unspecified atom stereocenters. The number of carbonyl (C=O) groups is 1. The Kier molecular flexibility index (Phi) is 2.39. The Bertz CT molecular complexity index is 437. The van der Waals surface area contributed by atoms with Crippen molar-refractivity contribution in [3.05, 3.63) is 29.3 Å². The Hall–Kier alpha value is -1.55. The summed E-state index contributed by atoms with van der Waals surface area (Å²) >= 11 is 0. The van der Waals surface area contributed by atoms with Crippen molar-refractivity contribution >= 4 is 5.97 Å². The monoisotopic (exact) mass is 222 g/mol. The van der Waals surface area contributed by atoms with E-state index >= 15 is 0 Å². The van der Waals surface area contributed by atoms with E-state index in [1.165, 1.54) is 6.07 Å². The fraction of sp³-hybridized carbons (Fsp3) is 0.417. The summed E-state index contributed by atoms with van der Waals surface area (Å²) < 4.78 is 5.66. The van der Waals surface area contributed by atoms with E-state index in [0.29, 0.717) is 17.7 Å². The van der Waals surface area contributed by atoms with Crippen LogP contribution in [-0.2, 0) is 0 Å². The Balaban J connectivity index is 2.56. The number of benzene rings is 1. The lowest BCUT2D eigenvalue weighted by Crippen LogP contribution is -2.35.